The number of fused-ring (bicyclic) bond motifs is 1. The molecule has 0 saturated carbocycles. The summed E-state index contributed by atoms with van der Waals surface area (Å²) in [5, 5.41) is 0.818. The van der Waals surface area contributed by atoms with Crippen molar-refractivity contribution >= 4 is 26.8 Å². The van der Waals surface area contributed by atoms with Crippen molar-refractivity contribution in [1.29, 1.82) is 0 Å². The van der Waals surface area contributed by atoms with Crippen molar-refractivity contribution in [2.24, 2.45) is 0 Å². The Kier molecular flexibility index (Phi) is 4.32. The van der Waals surface area contributed by atoms with Crippen molar-refractivity contribution in [3.05, 3.63) is 42.1 Å². The highest BCUT2D eigenvalue weighted by molar-refractivity contribution is 7.88. The minimum Gasteiger partial charge on any atom is -0.337 e. The van der Waals surface area contributed by atoms with Crippen LogP contribution in [-0.4, -0.2) is 49.6 Å². The number of benzene rings is 1. The summed E-state index contributed by atoms with van der Waals surface area (Å²) >= 11 is 0. The molecule has 1 aliphatic heterocycles. The van der Waals surface area contributed by atoms with E-state index in [-0.39, 0.29) is 11.9 Å². The van der Waals surface area contributed by atoms with E-state index in [0.29, 0.717) is 18.7 Å². The zero-order chi connectivity index (χ0) is 16.4. The van der Waals surface area contributed by atoms with Gasteiger partial charge in [0.2, 0.25) is 10.0 Å². The number of pyridine rings is 1. The first-order valence-corrected chi connectivity index (χ1v) is 9.43. The van der Waals surface area contributed by atoms with Crippen LogP contribution < -0.4 is 4.72 Å². The Bertz CT molecular complexity index is 830. The average molecular weight is 333 g/mol. The molecule has 0 aliphatic carbocycles. The summed E-state index contributed by atoms with van der Waals surface area (Å²) in [4.78, 5) is 18.8. The molecule has 0 unspecified atom stereocenters. The van der Waals surface area contributed by atoms with Gasteiger partial charge in [0.05, 0.1) is 11.8 Å². The first kappa shape index (κ1) is 15.9. The van der Waals surface area contributed by atoms with Crippen LogP contribution in [-0.2, 0) is 10.0 Å². The second-order valence-corrected chi connectivity index (χ2v) is 7.64. The SMILES string of the molecule is CS(=O)(=O)N[C@H]1CCCN(C(=O)c2cccc3ncccc23)C1. The average Bonchev–Trinajstić information content (AvgIpc) is 2.52. The summed E-state index contributed by atoms with van der Waals surface area (Å²) in [5.41, 5.74) is 1.39. The van der Waals surface area contributed by atoms with Crippen molar-refractivity contribution in [3.8, 4) is 0 Å². The van der Waals surface area contributed by atoms with Crippen LogP contribution in [0.1, 0.15) is 23.2 Å². The number of likely N-dealkylation sites (tertiary alicyclic amines) is 1. The molecule has 1 N–H and O–H groups in total. The molecule has 2 aromatic rings. The Morgan fingerprint density at radius 3 is 2.91 bits per heavy atom. The second kappa shape index (κ2) is 6.25. The molecule has 0 radical (unpaired) electrons. The monoisotopic (exact) mass is 333 g/mol. The third-order valence-corrected chi connectivity index (χ3v) is 4.73. The molecule has 1 aromatic carbocycles. The summed E-state index contributed by atoms with van der Waals surface area (Å²) in [7, 11) is -3.27. The molecule has 1 fully saturated rings. The van der Waals surface area contributed by atoms with Gasteiger partial charge in [-0.25, -0.2) is 13.1 Å². The van der Waals surface area contributed by atoms with Crippen LogP contribution in [0, 0.1) is 0 Å². The van der Waals surface area contributed by atoms with Crippen LogP contribution in [0.5, 0.6) is 0 Å². The third kappa shape index (κ3) is 3.68. The van der Waals surface area contributed by atoms with Gasteiger partial charge in [0.15, 0.2) is 0 Å². The smallest absolute Gasteiger partial charge is 0.254 e. The van der Waals surface area contributed by atoms with E-state index in [2.05, 4.69) is 9.71 Å². The van der Waals surface area contributed by atoms with E-state index in [0.717, 1.165) is 30.0 Å². The van der Waals surface area contributed by atoms with Crippen molar-refractivity contribution < 1.29 is 13.2 Å². The molecule has 1 amide bonds. The molecule has 6 nitrogen and oxygen atoms in total. The highest BCUT2D eigenvalue weighted by Gasteiger charge is 2.26. The van der Waals surface area contributed by atoms with Crippen LogP contribution in [0.15, 0.2) is 36.5 Å². The van der Waals surface area contributed by atoms with E-state index in [9.17, 15) is 13.2 Å². The zero-order valence-electron chi connectivity index (χ0n) is 12.9. The Labute approximate surface area is 135 Å². The number of aromatic nitrogens is 1. The predicted molar refractivity (Wildman–Crippen MR) is 88.6 cm³/mol. The topological polar surface area (TPSA) is 79.4 Å². The van der Waals surface area contributed by atoms with Crippen LogP contribution in [0.3, 0.4) is 0 Å². The van der Waals surface area contributed by atoms with Gasteiger partial charge >= 0.3 is 0 Å². The molecule has 0 spiro atoms. The summed E-state index contributed by atoms with van der Waals surface area (Å²) in [6, 6.07) is 8.94. The quantitative estimate of drug-likeness (QED) is 0.920. The fourth-order valence-corrected chi connectivity index (χ4v) is 3.82. The van der Waals surface area contributed by atoms with E-state index < -0.39 is 10.0 Å². The molecule has 1 aliphatic rings. The minimum absolute atomic E-state index is 0.0800. The largest absolute Gasteiger partial charge is 0.337 e. The van der Waals surface area contributed by atoms with E-state index in [1.54, 1.807) is 17.2 Å². The molecule has 1 saturated heterocycles. The number of sulfonamides is 1. The van der Waals surface area contributed by atoms with Gasteiger partial charge in [0, 0.05) is 36.3 Å². The number of carbonyl (C=O) groups excluding carboxylic acids is 1. The minimum atomic E-state index is -3.27. The van der Waals surface area contributed by atoms with Gasteiger partial charge in [0.25, 0.3) is 5.91 Å². The number of hydrogen-bond donors (Lipinski definition) is 1. The lowest BCUT2D eigenvalue weighted by molar-refractivity contribution is 0.0705. The highest BCUT2D eigenvalue weighted by Crippen LogP contribution is 2.20. The van der Waals surface area contributed by atoms with Crippen molar-refractivity contribution in [1.82, 2.24) is 14.6 Å². The lowest BCUT2D eigenvalue weighted by Gasteiger charge is -2.33. The molecular formula is C16H19N3O3S. The molecule has 1 atom stereocenters. The number of nitrogens with one attached hydrogen (secondary N) is 1. The maximum absolute atomic E-state index is 12.8. The van der Waals surface area contributed by atoms with E-state index in [4.69, 9.17) is 0 Å². The maximum Gasteiger partial charge on any atom is 0.254 e. The van der Waals surface area contributed by atoms with Crippen LogP contribution >= 0.6 is 0 Å². The van der Waals surface area contributed by atoms with Gasteiger partial charge in [-0.05, 0) is 31.0 Å². The Morgan fingerprint density at radius 2 is 2.13 bits per heavy atom. The summed E-state index contributed by atoms with van der Waals surface area (Å²) in [6.45, 7) is 1.03. The van der Waals surface area contributed by atoms with Gasteiger partial charge < -0.3 is 4.90 Å². The fourth-order valence-electron chi connectivity index (χ4n) is 3.02. The zero-order valence-corrected chi connectivity index (χ0v) is 13.7. The number of rotatable bonds is 3. The summed E-state index contributed by atoms with van der Waals surface area (Å²) < 4.78 is 25.4. The molecule has 3 rings (SSSR count). The third-order valence-electron chi connectivity index (χ3n) is 3.97. The number of nitrogens with zero attached hydrogens (tertiary/aromatic N) is 2. The molecule has 1 aromatic heterocycles. The van der Waals surface area contributed by atoms with E-state index in [1.165, 1.54) is 0 Å². The molecule has 0 bridgehead atoms. The van der Waals surface area contributed by atoms with Gasteiger partial charge in [-0.1, -0.05) is 12.1 Å². The lowest BCUT2D eigenvalue weighted by atomic mass is 10.0. The number of amides is 1. The number of hydrogen-bond acceptors (Lipinski definition) is 4. The fraction of sp³-hybridized carbons (Fsp3) is 0.375. The molecule has 2 heterocycles. The number of piperidine rings is 1. The van der Waals surface area contributed by atoms with Gasteiger partial charge in [-0.15, -0.1) is 0 Å². The van der Waals surface area contributed by atoms with Crippen molar-refractivity contribution in [2.75, 3.05) is 19.3 Å². The molecule has 7 heteroatoms. The Hall–Kier alpha value is -1.99. The molecule has 23 heavy (non-hydrogen) atoms. The van der Waals surface area contributed by atoms with Crippen molar-refractivity contribution in [3.63, 3.8) is 0 Å². The summed E-state index contributed by atoms with van der Waals surface area (Å²) in [5.74, 6) is -0.0800. The van der Waals surface area contributed by atoms with Crippen LogP contribution in [0.4, 0.5) is 0 Å². The Balaban J connectivity index is 1.84. The normalized spacial score (nSPS) is 19.0. The van der Waals surface area contributed by atoms with Gasteiger partial charge in [-0.3, -0.25) is 9.78 Å². The second-order valence-electron chi connectivity index (χ2n) is 5.86. The predicted octanol–water partition coefficient (Wildman–Crippen LogP) is 1.39. The number of carbonyl (C=O) groups is 1. The van der Waals surface area contributed by atoms with E-state index in [1.807, 2.05) is 24.3 Å². The standard InChI is InChI=1S/C16H19N3O3S/c1-23(21,22)18-12-5-4-10-19(11-12)16(20)14-6-2-8-15-13(14)7-3-9-17-15/h2-3,6-9,12,18H,4-5,10-11H2,1H3/t12-/m0/s1. The highest BCUT2D eigenvalue weighted by atomic mass is 32.2. The maximum atomic E-state index is 12.8. The van der Waals surface area contributed by atoms with Crippen molar-refractivity contribution in [2.45, 2.75) is 18.9 Å². The summed E-state index contributed by atoms with van der Waals surface area (Å²) in [6.07, 6.45) is 4.36. The molecule has 122 valence electrons. The Morgan fingerprint density at radius 1 is 1.30 bits per heavy atom. The van der Waals surface area contributed by atoms with E-state index >= 15 is 0 Å². The lowest BCUT2D eigenvalue weighted by Crippen LogP contribution is -2.49. The van der Waals surface area contributed by atoms with Gasteiger partial charge in [-0.2, -0.15) is 0 Å². The molecular weight excluding hydrogens is 314 g/mol. The van der Waals surface area contributed by atoms with Gasteiger partial charge in [0.1, 0.15) is 0 Å². The van der Waals surface area contributed by atoms with Crippen LogP contribution in [0.25, 0.3) is 10.9 Å². The first-order valence-electron chi connectivity index (χ1n) is 7.54. The van der Waals surface area contributed by atoms with Crippen LogP contribution in [0.2, 0.25) is 0 Å². The first-order chi connectivity index (χ1) is 10.9.